The lowest BCUT2D eigenvalue weighted by molar-refractivity contribution is 0.0796. The zero-order valence-electron chi connectivity index (χ0n) is 11.6. The molecule has 4 heteroatoms. The van der Waals surface area contributed by atoms with Gasteiger partial charge in [0.25, 0.3) is 0 Å². The third kappa shape index (κ3) is 4.55. The summed E-state index contributed by atoms with van der Waals surface area (Å²) in [6.07, 6.45) is 0.243. The Bertz CT molecular complexity index is 366. The van der Waals surface area contributed by atoms with Crippen molar-refractivity contribution in [3.05, 3.63) is 23.8 Å². The van der Waals surface area contributed by atoms with Crippen molar-refractivity contribution in [2.24, 2.45) is 0 Å². The lowest BCUT2D eigenvalue weighted by Gasteiger charge is -2.17. The van der Waals surface area contributed by atoms with Crippen molar-refractivity contribution < 1.29 is 14.6 Å². The molecule has 102 valence electrons. The second-order valence-electron chi connectivity index (χ2n) is 4.52. The van der Waals surface area contributed by atoms with E-state index in [-0.39, 0.29) is 17.9 Å². The first-order chi connectivity index (χ1) is 8.54. The minimum absolute atomic E-state index is 0.0517. The van der Waals surface area contributed by atoms with Crippen molar-refractivity contribution in [3.63, 3.8) is 0 Å². The molecule has 2 N–H and O–H groups in total. The van der Waals surface area contributed by atoms with E-state index in [1.807, 2.05) is 26.8 Å². The SMILES string of the molecule is COc1ccc(O)c(C(C)NCCOC(C)C)c1. The number of ether oxygens (including phenoxy) is 2. The molecule has 0 aliphatic heterocycles. The minimum atomic E-state index is 0.0517. The van der Waals surface area contributed by atoms with E-state index in [2.05, 4.69) is 5.32 Å². The van der Waals surface area contributed by atoms with Crippen LogP contribution in [-0.4, -0.2) is 31.5 Å². The molecule has 4 nitrogen and oxygen atoms in total. The number of hydrogen-bond donors (Lipinski definition) is 2. The van der Waals surface area contributed by atoms with Crippen LogP contribution in [0.3, 0.4) is 0 Å². The average Bonchev–Trinajstić information content (AvgIpc) is 2.34. The minimum Gasteiger partial charge on any atom is -0.508 e. The number of aromatic hydroxyl groups is 1. The molecular formula is C14H23NO3. The van der Waals surface area contributed by atoms with E-state index in [0.717, 1.165) is 17.9 Å². The van der Waals surface area contributed by atoms with Gasteiger partial charge in [0, 0.05) is 18.2 Å². The first kappa shape index (κ1) is 14.8. The van der Waals surface area contributed by atoms with Gasteiger partial charge in [-0.05, 0) is 39.0 Å². The summed E-state index contributed by atoms with van der Waals surface area (Å²) in [6.45, 7) is 7.43. The van der Waals surface area contributed by atoms with Crippen LogP contribution < -0.4 is 10.1 Å². The average molecular weight is 253 g/mol. The number of nitrogens with one attached hydrogen (secondary N) is 1. The number of methoxy groups -OCH3 is 1. The first-order valence-electron chi connectivity index (χ1n) is 6.26. The van der Waals surface area contributed by atoms with E-state index in [9.17, 15) is 5.11 Å². The quantitative estimate of drug-likeness (QED) is 0.733. The third-order valence-corrected chi connectivity index (χ3v) is 2.70. The molecule has 0 fully saturated rings. The fourth-order valence-electron chi connectivity index (χ4n) is 1.69. The number of benzene rings is 1. The van der Waals surface area contributed by atoms with Gasteiger partial charge in [-0.25, -0.2) is 0 Å². The van der Waals surface area contributed by atoms with E-state index in [1.165, 1.54) is 0 Å². The molecule has 0 heterocycles. The Balaban J connectivity index is 2.52. The second-order valence-corrected chi connectivity index (χ2v) is 4.52. The summed E-state index contributed by atoms with van der Waals surface area (Å²) in [4.78, 5) is 0. The van der Waals surface area contributed by atoms with Crippen LogP contribution in [0, 0.1) is 0 Å². The van der Waals surface area contributed by atoms with Crippen LogP contribution in [-0.2, 0) is 4.74 Å². The van der Waals surface area contributed by atoms with E-state index in [4.69, 9.17) is 9.47 Å². The van der Waals surface area contributed by atoms with Crippen molar-refractivity contribution in [3.8, 4) is 11.5 Å². The Kier molecular flexibility index (Phi) is 5.95. The van der Waals surface area contributed by atoms with Gasteiger partial charge in [-0.1, -0.05) is 0 Å². The van der Waals surface area contributed by atoms with Crippen molar-refractivity contribution in [1.29, 1.82) is 0 Å². The molecule has 0 bridgehead atoms. The van der Waals surface area contributed by atoms with Gasteiger partial charge in [0.2, 0.25) is 0 Å². The van der Waals surface area contributed by atoms with Crippen LogP contribution in [0.2, 0.25) is 0 Å². The summed E-state index contributed by atoms with van der Waals surface area (Å²) in [5, 5.41) is 13.1. The first-order valence-corrected chi connectivity index (χ1v) is 6.26. The maximum Gasteiger partial charge on any atom is 0.120 e. The number of phenols is 1. The predicted molar refractivity (Wildman–Crippen MR) is 72.2 cm³/mol. The third-order valence-electron chi connectivity index (χ3n) is 2.70. The largest absolute Gasteiger partial charge is 0.508 e. The zero-order chi connectivity index (χ0) is 13.5. The predicted octanol–water partition coefficient (Wildman–Crippen LogP) is 2.48. The van der Waals surface area contributed by atoms with Gasteiger partial charge in [0.15, 0.2) is 0 Å². The van der Waals surface area contributed by atoms with Crippen LogP contribution in [0.25, 0.3) is 0 Å². The summed E-state index contributed by atoms with van der Waals surface area (Å²) >= 11 is 0. The molecular weight excluding hydrogens is 230 g/mol. The van der Waals surface area contributed by atoms with Gasteiger partial charge in [0.1, 0.15) is 11.5 Å². The van der Waals surface area contributed by atoms with Gasteiger partial charge in [-0.15, -0.1) is 0 Å². The lowest BCUT2D eigenvalue weighted by Crippen LogP contribution is -2.24. The maximum absolute atomic E-state index is 9.82. The highest BCUT2D eigenvalue weighted by Gasteiger charge is 2.11. The number of rotatable bonds is 7. The van der Waals surface area contributed by atoms with Crippen LogP contribution >= 0.6 is 0 Å². The molecule has 0 aromatic heterocycles. The topological polar surface area (TPSA) is 50.7 Å². The molecule has 0 aliphatic carbocycles. The van der Waals surface area contributed by atoms with Crippen molar-refractivity contribution in [1.82, 2.24) is 5.32 Å². The van der Waals surface area contributed by atoms with Gasteiger partial charge in [-0.2, -0.15) is 0 Å². The van der Waals surface area contributed by atoms with E-state index in [0.29, 0.717) is 6.61 Å². The van der Waals surface area contributed by atoms with Crippen LogP contribution in [0.15, 0.2) is 18.2 Å². The highest BCUT2D eigenvalue weighted by atomic mass is 16.5. The highest BCUT2D eigenvalue weighted by molar-refractivity contribution is 5.41. The van der Waals surface area contributed by atoms with Gasteiger partial charge in [0.05, 0.1) is 19.8 Å². The molecule has 1 aromatic rings. The lowest BCUT2D eigenvalue weighted by atomic mass is 10.1. The molecule has 0 radical (unpaired) electrons. The van der Waals surface area contributed by atoms with E-state index in [1.54, 1.807) is 19.2 Å². The van der Waals surface area contributed by atoms with Crippen molar-refractivity contribution in [2.45, 2.75) is 32.9 Å². The second kappa shape index (κ2) is 7.24. The van der Waals surface area contributed by atoms with Gasteiger partial charge < -0.3 is 19.9 Å². The highest BCUT2D eigenvalue weighted by Crippen LogP contribution is 2.27. The molecule has 0 spiro atoms. The Morgan fingerprint density at radius 3 is 2.61 bits per heavy atom. The van der Waals surface area contributed by atoms with Crippen LogP contribution in [0.1, 0.15) is 32.4 Å². The summed E-state index contributed by atoms with van der Waals surface area (Å²) in [7, 11) is 1.62. The fourth-order valence-corrected chi connectivity index (χ4v) is 1.69. The number of hydrogen-bond acceptors (Lipinski definition) is 4. The van der Waals surface area contributed by atoms with Gasteiger partial charge in [-0.3, -0.25) is 0 Å². The van der Waals surface area contributed by atoms with E-state index < -0.39 is 0 Å². The Morgan fingerprint density at radius 1 is 1.28 bits per heavy atom. The molecule has 1 unspecified atom stereocenters. The molecule has 1 atom stereocenters. The molecule has 1 aromatic carbocycles. The van der Waals surface area contributed by atoms with Gasteiger partial charge >= 0.3 is 0 Å². The Morgan fingerprint density at radius 2 is 2.00 bits per heavy atom. The smallest absolute Gasteiger partial charge is 0.120 e. The van der Waals surface area contributed by atoms with Crippen LogP contribution in [0.4, 0.5) is 0 Å². The summed E-state index contributed by atoms with van der Waals surface area (Å²) in [5.74, 6) is 1.02. The fraction of sp³-hybridized carbons (Fsp3) is 0.571. The Hall–Kier alpha value is -1.26. The summed E-state index contributed by atoms with van der Waals surface area (Å²) in [5.41, 5.74) is 0.832. The van der Waals surface area contributed by atoms with Crippen molar-refractivity contribution in [2.75, 3.05) is 20.3 Å². The monoisotopic (exact) mass is 253 g/mol. The normalized spacial score (nSPS) is 12.7. The zero-order valence-corrected chi connectivity index (χ0v) is 11.6. The molecule has 1 rings (SSSR count). The molecule has 18 heavy (non-hydrogen) atoms. The molecule has 0 saturated heterocycles. The summed E-state index contributed by atoms with van der Waals surface area (Å²) < 4.78 is 10.6. The molecule has 0 saturated carbocycles. The maximum atomic E-state index is 9.82. The van der Waals surface area contributed by atoms with Crippen LogP contribution in [0.5, 0.6) is 11.5 Å². The summed E-state index contributed by atoms with van der Waals surface area (Å²) in [6, 6.07) is 5.29. The molecule has 0 aliphatic rings. The standard InChI is InChI=1S/C14H23NO3/c1-10(2)18-8-7-15-11(3)13-9-12(17-4)5-6-14(13)16/h5-6,9-11,15-16H,7-8H2,1-4H3. The Labute approximate surface area is 109 Å². The van der Waals surface area contributed by atoms with Crippen molar-refractivity contribution >= 4 is 0 Å². The molecule has 0 amide bonds. The van der Waals surface area contributed by atoms with E-state index >= 15 is 0 Å². The number of phenolic OH excluding ortho intramolecular Hbond substituents is 1.